The summed E-state index contributed by atoms with van der Waals surface area (Å²) in [5.74, 6) is 1.08. The van der Waals surface area contributed by atoms with Crippen molar-refractivity contribution in [1.82, 2.24) is 14.5 Å². The number of hydrogen-bond donors (Lipinski definition) is 0. The molecule has 1 fully saturated rings. The van der Waals surface area contributed by atoms with Crippen molar-refractivity contribution < 1.29 is 9.53 Å². The molecule has 5 nitrogen and oxygen atoms in total. The van der Waals surface area contributed by atoms with Gasteiger partial charge in [-0.3, -0.25) is 4.79 Å². The molecule has 128 valence electrons. The Kier molecular flexibility index (Phi) is 5.30. The SMILES string of the molecule is Cc1nccn1[C@@H]1CCCN(C(=O)[C@@H](C)OCc2ccccc2)C1. The molecule has 0 saturated carbocycles. The van der Waals surface area contributed by atoms with E-state index in [1.807, 2.05) is 61.5 Å². The molecule has 1 aliphatic heterocycles. The number of carbonyl (C=O) groups excluding carboxylic acids is 1. The number of ether oxygens (including phenoxy) is 1. The topological polar surface area (TPSA) is 47.4 Å². The quantitative estimate of drug-likeness (QED) is 0.848. The lowest BCUT2D eigenvalue weighted by molar-refractivity contribution is -0.145. The summed E-state index contributed by atoms with van der Waals surface area (Å²) in [6.07, 6.45) is 5.50. The number of carbonyl (C=O) groups is 1. The van der Waals surface area contributed by atoms with Gasteiger partial charge < -0.3 is 14.2 Å². The van der Waals surface area contributed by atoms with E-state index in [1.54, 1.807) is 0 Å². The van der Waals surface area contributed by atoms with Crippen LogP contribution in [0.4, 0.5) is 0 Å². The molecule has 0 unspecified atom stereocenters. The summed E-state index contributed by atoms with van der Waals surface area (Å²) in [4.78, 5) is 18.9. The predicted molar refractivity (Wildman–Crippen MR) is 92.5 cm³/mol. The van der Waals surface area contributed by atoms with Gasteiger partial charge in [-0.1, -0.05) is 30.3 Å². The van der Waals surface area contributed by atoms with Crippen LogP contribution in [0.3, 0.4) is 0 Å². The van der Waals surface area contributed by atoms with E-state index in [2.05, 4.69) is 9.55 Å². The molecular formula is C19H25N3O2. The highest BCUT2D eigenvalue weighted by molar-refractivity contribution is 5.80. The molecule has 0 bridgehead atoms. The molecule has 0 spiro atoms. The fourth-order valence-electron chi connectivity index (χ4n) is 3.28. The van der Waals surface area contributed by atoms with Gasteiger partial charge in [0.25, 0.3) is 5.91 Å². The average molecular weight is 327 g/mol. The molecule has 0 aliphatic carbocycles. The van der Waals surface area contributed by atoms with Crippen molar-refractivity contribution in [1.29, 1.82) is 0 Å². The Morgan fingerprint density at radius 3 is 2.88 bits per heavy atom. The maximum atomic E-state index is 12.7. The van der Waals surface area contributed by atoms with E-state index in [4.69, 9.17) is 4.74 Å². The number of aromatic nitrogens is 2. The second-order valence-corrected chi connectivity index (χ2v) is 6.40. The van der Waals surface area contributed by atoms with Crippen LogP contribution in [-0.2, 0) is 16.1 Å². The smallest absolute Gasteiger partial charge is 0.251 e. The Labute approximate surface area is 143 Å². The number of piperidine rings is 1. The first-order valence-electron chi connectivity index (χ1n) is 8.59. The molecule has 1 aromatic heterocycles. The summed E-state index contributed by atoms with van der Waals surface area (Å²) in [5, 5.41) is 0. The van der Waals surface area contributed by atoms with E-state index in [0.717, 1.165) is 37.3 Å². The summed E-state index contributed by atoms with van der Waals surface area (Å²) in [5.41, 5.74) is 1.09. The van der Waals surface area contributed by atoms with Gasteiger partial charge in [-0.25, -0.2) is 4.98 Å². The Bertz CT molecular complexity index is 668. The minimum absolute atomic E-state index is 0.0772. The van der Waals surface area contributed by atoms with Crippen molar-refractivity contribution in [2.24, 2.45) is 0 Å². The first kappa shape index (κ1) is 16.7. The molecule has 0 N–H and O–H groups in total. The third-order valence-corrected chi connectivity index (χ3v) is 4.65. The number of rotatable bonds is 5. The van der Waals surface area contributed by atoms with Gasteiger partial charge in [-0.15, -0.1) is 0 Å². The van der Waals surface area contributed by atoms with E-state index >= 15 is 0 Å². The highest BCUT2D eigenvalue weighted by Crippen LogP contribution is 2.23. The Hall–Kier alpha value is -2.14. The molecule has 24 heavy (non-hydrogen) atoms. The third-order valence-electron chi connectivity index (χ3n) is 4.65. The van der Waals surface area contributed by atoms with E-state index < -0.39 is 6.10 Å². The Morgan fingerprint density at radius 1 is 1.38 bits per heavy atom. The zero-order valence-electron chi connectivity index (χ0n) is 14.4. The van der Waals surface area contributed by atoms with Crippen LogP contribution >= 0.6 is 0 Å². The molecule has 2 atom stereocenters. The number of nitrogens with zero attached hydrogens (tertiary/aromatic N) is 3. The van der Waals surface area contributed by atoms with Gasteiger partial charge in [0.2, 0.25) is 0 Å². The van der Waals surface area contributed by atoms with Crippen molar-refractivity contribution in [3.8, 4) is 0 Å². The van der Waals surface area contributed by atoms with Crippen LogP contribution in [0.5, 0.6) is 0 Å². The molecule has 2 heterocycles. The Balaban J connectivity index is 1.56. The molecule has 5 heteroatoms. The van der Waals surface area contributed by atoms with E-state index in [0.29, 0.717) is 12.6 Å². The maximum Gasteiger partial charge on any atom is 0.251 e. The lowest BCUT2D eigenvalue weighted by atomic mass is 10.0. The summed E-state index contributed by atoms with van der Waals surface area (Å²) < 4.78 is 7.96. The van der Waals surface area contributed by atoms with E-state index in [1.165, 1.54) is 0 Å². The van der Waals surface area contributed by atoms with Crippen LogP contribution in [0.25, 0.3) is 0 Å². The predicted octanol–water partition coefficient (Wildman–Crippen LogP) is 2.96. The zero-order chi connectivity index (χ0) is 16.9. The van der Waals surface area contributed by atoms with Gasteiger partial charge in [-0.05, 0) is 32.3 Å². The van der Waals surface area contributed by atoms with Crippen LogP contribution in [0.2, 0.25) is 0 Å². The largest absolute Gasteiger partial charge is 0.364 e. The maximum absolute atomic E-state index is 12.7. The van der Waals surface area contributed by atoms with Crippen molar-refractivity contribution in [3.05, 3.63) is 54.1 Å². The van der Waals surface area contributed by atoms with Crippen molar-refractivity contribution in [2.45, 2.75) is 45.4 Å². The van der Waals surface area contributed by atoms with Crippen molar-refractivity contribution in [3.63, 3.8) is 0 Å². The summed E-state index contributed by atoms with van der Waals surface area (Å²) in [7, 11) is 0. The standard InChI is InChI=1S/C19H25N3O2/c1-15(24-14-17-7-4-3-5-8-17)19(23)21-11-6-9-18(13-21)22-12-10-20-16(22)2/h3-5,7-8,10,12,15,18H,6,9,11,13-14H2,1-2H3/t15-,18-/m1/s1. The normalized spacial score (nSPS) is 19.2. The number of imidazole rings is 1. The highest BCUT2D eigenvalue weighted by atomic mass is 16.5. The van der Waals surface area contributed by atoms with E-state index in [9.17, 15) is 4.79 Å². The van der Waals surface area contributed by atoms with Gasteiger partial charge in [0.05, 0.1) is 12.6 Å². The Morgan fingerprint density at radius 2 is 2.17 bits per heavy atom. The molecule has 0 radical (unpaired) electrons. The monoisotopic (exact) mass is 327 g/mol. The van der Waals surface area contributed by atoms with Gasteiger partial charge in [0.1, 0.15) is 11.9 Å². The zero-order valence-corrected chi connectivity index (χ0v) is 14.4. The molecule has 2 aromatic rings. The minimum atomic E-state index is -0.423. The summed E-state index contributed by atoms with van der Waals surface area (Å²) >= 11 is 0. The molecule has 1 aromatic carbocycles. The fourth-order valence-corrected chi connectivity index (χ4v) is 3.28. The summed E-state index contributed by atoms with van der Waals surface area (Å²) in [6.45, 7) is 5.85. The number of hydrogen-bond acceptors (Lipinski definition) is 3. The molecule has 1 saturated heterocycles. The lowest BCUT2D eigenvalue weighted by Crippen LogP contribution is -2.45. The lowest BCUT2D eigenvalue weighted by Gasteiger charge is -2.35. The van der Waals surface area contributed by atoms with Crippen molar-refractivity contribution in [2.75, 3.05) is 13.1 Å². The second kappa shape index (κ2) is 7.62. The van der Waals surface area contributed by atoms with E-state index in [-0.39, 0.29) is 5.91 Å². The van der Waals surface area contributed by atoms with Gasteiger partial charge in [0.15, 0.2) is 0 Å². The van der Waals surface area contributed by atoms with Crippen LogP contribution in [0, 0.1) is 6.92 Å². The third kappa shape index (κ3) is 3.85. The first-order chi connectivity index (χ1) is 11.6. The molecular weight excluding hydrogens is 302 g/mol. The van der Waals surface area contributed by atoms with Gasteiger partial charge in [-0.2, -0.15) is 0 Å². The van der Waals surface area contributed by atoms with Crippen molar-refractivity contribution >= 4 is 5.91 Å². The fraction of sp³-hybridized carbons (Fsp3) is 0.474. The number of aryl methyl sites for hydroxylation is 1. The van der Waals surface area contributed by atoms with Gasteiger partial charge in [0, 0.05) is 25.5 Å². The average Bonchev–Trinajstić information content (AvgIpc) is 3.06. The van der Waals surface area contributed by atoms with Crippen LogP contribution in [-0.4, -0.2) is 39.6 Å². The molecule has 1 amide bonds. The second-order valence-electron chi connectivity index (χ2n) is 6.40. The number of likely N-dealkylation sites (tertiary alicyclic amines) is 1. The number of amides is 1. The number of benzene rings is 1. The highest BCUT2D eigenvalue weighted by Gasteiger charge is 2.28. The molecule has 3 rings (SSSR count). The minimum Gasteiger partial charge on any atom is -0.364 e. The molecule has 1 aliphatic rings. The van der Waals surface area contributed by atoms with Gasteiger partial charge >= 0.3 is 0 Å². The first-order valence-corrected chi connectivity index (χ1v) is 8.59. The van der Waals surface area contributed by atoms with Crippen LogP contribution in [0.15, 0.2) is 42.7 Å². The van der Waals surface area contributed by atoms with Crippen LogP contribution < -0.4 is 0 Å². The van der Waals surface area contributed by atoms with Crippen LogP contribution in [0.1, 0.15) is 37.2 Å². The summed E-state index contributed by atoms with van der Waals surface area (Å²) in [6, 6.07) is 10.3.